The fourth-order valence-corrected chi connectivity index (χ4v) is 2.50. The van der Waals surface area contributed by atoms with Crippen LogP contribution in [0.2, 0.25) is 5.02 Å². The molecule has 4 nitrogen and oxygen atoms in total. The number of carbonyl (C=O) groups is 1. The molecule has 0 unspecified atom stereocenters. The zero-order valence-corrected chi connectivity index (χ0v) is 13.7. The third kappa shape index (κ3) is 3.24. The highest BCUT2D eigenvalue weighted by molar-refractivity contribution is 6.31. The maximum atomic E-state index is 12.1. The maximum Gasteiger partial charge on any atom is 0.271 e. The highest BCUT2D eigenvalue weighted by atomic mass is 35.5. The lowest BCUT2D eigenvalue weighted by atomic mass is 10.1. The summed E-state index contributed by atoms with van der Waals surface area (Å²) in [7, 11) is 0. The molecule has 2 N–H and O–H groups in total. The molecule has 0 aliphatic carbocycles. The van der Waals surface area contributed by atoms with Gasteiger partial charge in [0.1, 0.15) is 5.75 Å². The minimum atomic E-state index is -0.341. The molecule has 0 saturated heterocycles. The molecule has 5 heteroatoms. The van der Waals surface area contributed by atoms with Crippen LogP contribution in [0.1, 0.15) is 21.5 Å². The first-order valence-corrected chi connectivity index (χ1v) is 7.74. The van der Waals surface area contributed by atoms with Crippen LogP contribution in [0.3, 0.4) is 0 Å². The highest BCUT2D eigenvalue weighted by Crippen LogP contribution is 2.27. The number of aryl methyl sites for hydroxylation is 1. The first kappa shape index (κ1) is 16.0. The number of carbonyl (C=O) groups excluding carboxylic acids is 1. The Morgan fingerprint density at radius 1 is 1.17 bits per heavy atom. The molecule has 0 radical (unpaired) electrons. The summed E-state index contributed by atoms with van der Waals surface area (Å²) < 4.78 is 0. The van der Waals surface area contributed by atoms with Gasteiger partial charge in [-0.25, -0.2) is 5.43 Å². The standard InChI is InChI=1S/C19H15ClN2O2/c1-12-10-14(8-9-17(12)20)19(24)22-21-11-15-7-6-13-4-2-3-5-16(13)18(15)23/h2-11,23H,1H3,(H,22,24)/b21-11+. The van der Waals surface area contributed by atoms with Gasteiger partial charge in [-0.3, -0.25) is 4.79 Å². The molecule has 0 heterocycles. The van der Waals surface area contributed by atoms with Crippen molar-refractivity contribution in [1.29, 1.82) is 0 Å². The fourth-order valence-electron chi connectivity index (χ4n) is 2.39. The van der Waals surface area contributed by atoms with Gasteiger partial charge in [-0.15, -0.1) is 0 Å². The largest absolute Gasteiger partial charge is 0.507 e. The monoisotopic (exact) mass is 338 g/mol. The zero-order chi connectivity index (χ0) is 17.1. The van der Waals surface area contributed by atoms with Crippen LogP contribution in [0.15, 0.2) is 59.7 Å². The van der Waals surface area contributed by atoms with E-state index in [9.17, 15) is 9.90 Å². The van der Waals surface area contributed by atoms with E-state index in [-0.39, 0.29) is 11.7 Å². The summed E-state index contributed by atoms with van der Waals surface area (Å²) in [5.41, 5.74) is 4.26. The average molecular weight is 339 g/mol. The Balaban J connectivity index is 1.77. The lowest BCUT2D eigenvalue weighted by Gasteiger charge is -2.05. The molecule has 0 aromatic heterocycles. The van der Waals surface area contributed by atoms with E-state index in [0.717, 1.165) is 16.3 Å². The van der Waals surface area contributed by atoms with Gasteiger partial charge in [-0.1, -0.05) is 41.9 Å². The number of phenolic OH excluding ortho intramolecular Hbond substituents is 1. The van der Waals surface area contributed by atoms with Crippen molar-refractivity contribution in [3.63, 3.8) is 0 Å². The van der Waals surface area contributed by atoms with E-state index in [4.69, 9.17) is 11.6 Å². The number of amides is 1. The Bertz CT molecular complexity index is 951. The van der Waals surface area contributed by atoms with Crippen LogP contribution in [0.4, 0.5) is 0 Å². The first-order chi connectivity index (χ1) is 11.6. The number of nitrogens with zero attached hydrogens (tertiary/aromatic N) is 1. The predicted molar refractivity (Wildman–Crippen MR) is 96.9 cm³/mol. The second-order valence-electron chi connectivity index (χ2n) is 5.39. The number of aromatic hydroxyl groups is 1. The molecule has 3 aromatic carbocycles. The van der Waals surface area contributed by atoms with Crippen molar-refractivity contribution >= 4 is 34.5 Å². The SMILES string of the molecule is Cc1cc(C(=O)N/N=C/c2ccc3ccccc3c2O)ccc1Cl. The normalized spacial score (nSPS) is 11.1. The van der Waals surface area contributed by atoms with Crippen molar-refractivity contribution in [3.05, 3.63) is 76.3 Å². The van der Waals surface area contributed by atoms with Gasteiger partial charge in [0.2, 0.25) is 0 Å². The van der Waals surface area contributed by atoms with Crippen molar-refractivity contribution in [1.82, 2.24) is 5.43 Å². The summed E-state index contributed by atoms with van der Waals surface area (Å²) in [5, 5.41) is 16.5. The minimum Gasteiger partial charge on any atom is -0.507 e. The summed E-state index contributed by atoms with van der Waals surface area (Å²) in [6.07, 6.45) is 1.42. The minimum absolute atomic E-state index is 0.133. The summed E-state index contributed by atoms with van der Waals surface area (Å²) in [6, 6.07) is 16.1. The van der Waals surface area contributed by atoms with Crippen LogP contribution < -0.4 is 5.43 Å². The van der Waals surface area contributed by atoms with Crippen LogP contribution in [0.25, 0.3) is 10.8 Å². The van der Waals surface area contributed by atoms with E-state index < -0.39 is 0 Å². The van der Waals surface area contributed by atoms with E-state index in [1.807, 2.05) is 37.3 Å². The molecule has 1 amide bonds. The van der Waals surface area contributed by atoms with Gasteiger partial charge in [0.25, 0.3) is 5.91 Å². The number of halogens is 1. The number of fused-ring (bicyclic) bond motifs is 1. The topological polar surface area (TPSA) is 61.7 Å². The Hall–Kier alpha value is -2.85. The second-order valence-corrected chi connectivity index (χ2v) is 5.79. The number of nitrogens with one attached hydrogen (secondary N) is 1. The molecule has 0 spiro atoms. The van der Waals surface area contributed by atoms with Gasteiger partial charge in [-0.2, -0.15) is 5.10 Å². The fraction of sp³-hybridized carbons (Fsp3) is 0.0526. The molecule has 24 heavy (non-hydrogen) atoms. The van der Waals surface area contributed by atoms with E-state index >= 15 is 0 Å². The van der Waals surface area contributed by atoms with Gasteiger partial charge in [-0.05, 0) is 42.1 Å². The van der Waals surface area contributed by atoms with Crippen LogP contribution >= 0.6 is 11.6 Å². The lowest BCUT2D eigenvalue weighted by molar-refractivity contribution is 0.0955. The zero-order valence-electron chi connectivity index (χ0n) is 13.0. The molecule has 0 aliphatic heterocycles. The van der Waals surface area contributed by atoms with Gasteiger partial charge >= 0.3 is 0 Å². The van der Waals surface area contributed by atoms with Gasteiger partial charge in [0.05, 0.1) is 6.21 Å². The van der Waals surface area contributed by atoms with Crippen LogP contribution in [-0.2, 0) is 0 Å². The smallest absolute Gasteiger partial charge is 0.271 e. The first-order valence-electron chi connectivity index (χ1n) is 7.36. The van der Waals surface area contributed by atoms with Crippen LogP contribution in [0.5, 0.6) is 5.75 Å². The predicted octanol–water partition coefficient (Wildman–Crippen LogP) is 4.27. The van der Waals surface area contributed by atoms with Gasteiger partial charge in [0, 0.05) is 21.5 Å². The maximum absolute atomic E-state index is 12.1. The molecule has 120 valence electrons. The average Bonchev–Trinajstić information content (AvgIpc) is 2.59. The number of hydrogen-bond acceptors (Lipinski definition) is 3. The van der Waals surface area contributed by atoms with Crippen molar-refractivity contribution in [3.8, 4) is 5.75 Å². The van der Waals surface area contributed by atoms with E-state index in [1.54, 1.807) is 24.3 Å². The van der Waals surface area contributed by atoms with E-state index in [1.165, 1.54) is 6.21 Å². The Morgan fingerprint density at radius 3 is 2.75 bits per heavy atom. The number of rotatable bonds is 3. The summed E-state index contributed by atoms with van der Waals surface area (Å²) in [6.45, 7) is 1.83. The molecule has 0 atom stereocenters. The van der Waals surface area contributed by atoms with E-state index in [2.05, 4.69) is 10.5 Å². The van der Waals surface area contributed by atoms with Crippen molar-refractivity contribution in [2.24, 2.45) is 5.10 Å². The van der Waals surface area contributed by atoms with Crippen molar-refractivity contribution < 1.29 is 9.90 Å². The van der Waals surface area contributed by atoms with E-state index in [0.29, 0.717) is 16.1 Å². The summed E-state index contributed by atoms with van der Waals surface area (Å²) >= 11 is 5.95. The van der Waals surface area contributed by atoms with Crippen molar-refractivity contribution in [2.45, 2.75) is 6.92 Å². The Kier molecular flexibility index (Phi) is 4.49. The quantitative estimate of drug-likeness (QED) is 0.553. The van der Waals surface area contributed by atoms with Crippen LogP contribution in [0, 0.1) is 6.92 Å². The molecular formula is C19H15ClN2O2. The molecule has 3 aromatic rings. The third-order valence-electron chi connectivity index (χ3n) is 3.72. The molecule has 0 aliphatic rings. The van der Waals surface area contributed by atoms with Gasteiger partial charge in [0.15, 0.2) is 0 Å². The molecule has 0 fully saturated rings. The lowest BCUT2D eigenvalue weighted by Crippen LogP contribution is -2.17. The number of benzene rings is 3. The summed E-state index contributed by atoms with van der Waals surface area (Å²) in [4.78, 5) is 12.1. The third-order valence-corrected chi connectivity index (χ3v) is 4.15. The molecule has 0 saturated carbocycles. The number of phenols is 1. The summed E-state index contributed by atoms with van der Waals surface area (Å²) in [5.74, 6) is -0.209. The Morgan fingerprint density at radius 2 is 1.96 bits per heavy atom. The van der Waals surface area contributed by atoms with Gasteiger partial charge < -0.3 is 5.11 Å². The number of hydrazone groups is 1. The second kappa shape index (κ2) is 6.72. The number of hydrogen-bond donors (Lipinski definition) is 2. The molecule has 3 rings (SSSR count). The van der Waals surface area contributed by atoms with Crippen LogP contribution in [-0.4, -0.2) is 17.2 Å². The molecular weight excluding hydrogens is 324 g/mol. The van der Waals surface area contributed by atoms with Crippen molar-refractivity contribution in [2.75, 3.05) is 0 Å². The Labute approximate surface area is 144 Å². The highest BCUT2D eigenvalue weighted by Gasteiger charge is 2.07. The molecule has 0 bridgehead atoms.